The van der Waals surface area contributed by atoms with E-state index in [0.717, 1.165) is 27.6 Å². The number of aromatic nitrogens is 3. The molecule has 0 radical (unpaired) electrons. The van der Waals surface area contributed by atoms with Crippen molar-refractivity contribution in [3.05, 3.63) is 40.7 Å². The van der Waals surface area contributed by atoms with Gasteiger partial charge in [-0.3, -0.25) is 0 Å². The lowest BCUT2D eigenvalue weighted by molar-refractivity contribution is 0.391. The summed E-state index contributed by atoms with van der Waals surface area (Å²) in [5.41, 5.74) is 2.75. The molecule has 4 nitrogen and oxygen atoms in total. The Morgan fingerprint density at radius 2 is 2.28 bits per heavy atom. The van der Waals surface area contributed by atoms with Gasteiger partial charge < -0.3 is 9.51 Å². The van der Waals surface area contributed by atoms with Crippen LogP contribution in [0.15, 0.2) is 33.9 Å². The Morgan fingerprint density at radius 1 is 1.39 bits per heavy atom. The summed E-state index contributed by atoms with van der Waals surface area (Å²) in [6.45, 7) is 1.90. The van der Waals surface area contributed by atoms with E-state index in [4.69, 9.17) is 16.1 Å². The topological polar surface area (TPSA) is 54.7 Å². The second-order valence-electron chi connectivity index (χ2n) is 3.93. The van der Waals surface area contributed by atoms with E-state index >= 15 is 0 Å². The summed E-state index contributed by atoms with van der Waals surface area (Å²) < 4.78 is 5.15. The Hall–Kier alpha value is -1.46. The van der Waals surface area contributed by atoms with Crippen LogP contribution in [0.1, 0.15) is 11.5 Å². The van der Waals surface area contributed by atoms with Gasteiger partial charge >= 0.3 is 0 Å². The van der Waals surface area contributed by atoms with Gasteiger partial charge in [0.25, 0.3) is 0 Å². The summed E-state index contributed by atoms with van der Waals surface area (Å²) in [4.78, 5) is 7.68. The minimum Gasteiger partial charge on any atom is -0.360 e. The van der Waals surface area contributed by atoms with Gasteiger partial charge in [0.05, 0.1) is 22.5 Å². The van der Waals surface area contributed by atoms with Crippen molar-refractivity contribution < 1.29 is 4.52 Å². The minimum absolute atomic E-state index is 0.702. The molecule has 0 saturated heterocycles. The standard InChI is InChI=1S/C12H10ClN3OS/c1-7-4-9(17-16-7)6-18-12-14-10-3-2-8(13)5-11(10)15-12/h2-5H,6H2,1H3,(H,14,15). The summed E-state index contributed by atoms with van der Waals surface area (Å²) in [6, 6.07) is 7.52. The summed E-state index contributed by atoms with van der Waals surface area (Å²) >= 11 is 7.50. The van der Waals surface area contributed by atoms with Crippen LogP contribution in [0.2, 0.25) is 5.02 Å². The van der Waals surface area contributed by atoms with E-state index < -0.39 is 0 Å². The normalized spacial score (nSPS) is 11.2. The van der Waals surface area contributed by atoms with E-state index in [1.165, 1.54) is 0 Å². The predicted octanol–water partition coefficient (Wildman–Crippen LogP) is 3.81. The maximum atomic E-state index is 5.93. The zero-order valence-corrected chi connectivity index (χ0v) is 11.2. The van der Waals surface area contributed by atoms with E-state index in [0.29, 0.717) is 10.8 Å². The zero-order valence-electron chi connectivity index (χ0n) is 9.61. The first-order valence-electron chi connectivity index (χ1n) is 5.41. The largest absolute Gasteiger partial charge is 0.360 e. The molecule has 0 fully saturated rings. The average molecular weight is 280 g/mol. The number of rotatable bonds is 3. The van der Waals surface area contributed by atoms with E-state index in [1.807, 2.05) is 31.2 Å². The lowest BCUT2D eigenvalue weighted by Gasteiger charge is -1.91. The Bertz CT molecular complexity index is 692. The molecule has 3 rings (SSSR count). The molecule has 0 atom stereocenters. The van der Waals surface area contributed by atoms with Crippen molar-refractivity contribution in [2.75, 3.05) is 0 Å². The highest BCUT2D eigenvalue weighted by molar-refractivity contribution is 7.98. The van der Waals surface area contributed by atoms with Gasteiger partial charge in [-0.25, -0.2) is 4.98 Å². The molecule has 0 bridgehead atoms. The van der Waals surface area contributed by atoms with Crippen LogP contribution >= 0.6 is 23.4 Å². The average Bonchev–Trinajstić information content (AvgIpc) is 2.92. The fraction of sp³-hybridized carbons (Fsp3) is 0.167. The quantitative estimate of drug-likeness (QED) is 0.741. The van der Waals surface area contributed by atoms with Crippen molar-refractivity contribution in [1.29, 1.82) is 0 Å². The molecule has 2 aromatic heterocycles. The van der Waals surface area contributed by atoms with Gasteiger partial charge in [0, 0.05) is 11.1 Å². The van der Waals surface area contributed by atoms with Crippen LogP contribution in [0.4, 0.5) is 0 Å². The van der Waals surface area contributed by atoms with Gasteiger partial charge in [0.2, 0.25) is 0 Å². The third kappa shape index (κ3) is 2.37. The Labute approximate surface area is 113 Å². The smallest absolute Gasteiger partial charge is 0.166 e. The van der Waals surface area contributed by atoms with Crippen LogP contribution in [-0.4, -0.2) is 15.1 Å². The third-order valence-corrected chi connectivity index (χ3v) is 3.58. The molecule has 92 valence electrons. The molecule has 0 saturated carbocycles. The molecule has 0 aliphatic rings. The molecule has 0 unspecified atom stereocenters. The SMILES string of the molecule is Cc1cc(CSc2nc3ccc(Cl)cc3[nH]2)on1. The number of hydrogen-bond acceptors (Lipinski definition) is 4. The van der Waals surface area contributed by atoms with Crippen LogP contribution in [0.5, 0.6) is 0 Å². The van der Waals surface area contributed by atoms with Crippen molar-refractivity contribution in [2.45, 2.75) is 17.8 Å². The Morgan fingerprint density at radius 3 is 3.06 bits per heavy atom. The number of H-pyrrole nitrogens is 1. The molecule has 1 aromatic carbocycles. The summed E-state index contributed by atoms with van der Waals surface area (Å²) in [6.07, 6.45) is 0. The fourth-order valence-electron chi connectivity index (χ4n) is 1.65. The number of halogens is 1. The summed E-state index contributed by atoms with van der Waals surface area (Å²) in [5, 5.41) is 5.40. The number of thioether (sulfide) groups is 1. The number of imidazole rings is 1. The molecule has 0 amide bonds. The first-order chi connectivity index (χ1) is 8.70. The molecule has 1 N–H and O–H groups in total. The molecule has 2 heterocycles. The minimum atomic E-state index is 0.702. The molecular weight excluding hydrogens is 270 g/mol. The highest BCUT2D eigenvalue weighted by Crippen LogP contribution is 2.24. The van der Waals surface area contributed by atoms with Crippen LogP contribution in [0.25, 0.3) is 11.0 Å². The van der Waals surface area contributed by atoms with E-state index in [2.05, 4.69) is 15.1 Å². The van der Waals surface area contributed by atoms with Gasteiger partial charge in [0.15, 0.2) is 5.16 Å². The van der Waals surface area contributed by atoms with E-state index in [1.54, 1.807) is 11.8 Å². The van der Waals surface area contributed by atoms with Gasteiger partial charge in [-0.1, -0.05) is 28.5 Å². The molecule has 18 heavy (non-hydrogen) atoms. The molecule has 0 aliphatic heterocycles. The highest BCUT2D eigenvalue weighted by atomic mass is 35.5. The number of aryl methyl sites for hydroxylation is 1. The first kappa shape index (κ1) is 11.6. The van der Waals surface area contributed by atoms with Crippen molar-refractivity contribution in [2.24, 2.45) is 0 Å². The van der Waals surface area contributed by atoms with Crippen molar-refractivity contribution in [1.82, 2.24) is 15.1 Å². The van der Waals surface area contributed by atoms with Crippen LogP contribution in [0.3, 0.4) is 0 Å². The second kappa shape index (κ2) is 4.66. The predicted molar refractivity (Wildman–Crippen MR) is 71.9 cm³/mol. The molecule has 0 spiro atoms. The summed E-state index contributed by atoms with van der Waals surface area (Å²) in [5.74, 6) is 1.55. The van der Waals surface area contributed by atoms with Crippen molar-refractivity contribution >= 4 is 34.4 Å². The molecule has 0 aliphatic carbocycles. The monoisotopic (exact) mass is 279 g/mol. The lowest BCUT2D eigenvalue weighted by atomic mass is 10.3. The Kier molecular flexibility index (Phi) is 3.01. The van der Waals surface area contributed by atoms with Crippen LogP contribution in [-0.2, 0) is 5.75 Å². The first-order valence-corrected chi connectivity index (χ1v) is 6.77. The second-order valence-corrected chi connectivity index (χ2v) is 5.33. The van der Waals surface area contributed by atoms with Crippen LogP contribution in [0, 0.1) is 6.92 Å². The molecular formula is C12H10ClN3OS. The maximum Gasteiger partial charge on any atom is 0.166 e. The highest BCUT2D eigenvalue weighted by Gasteiger charge is 2.06. The lowest BCUT2D eigenvalue weighted by Crippen LogP contribution is -1.77. The van der Waals surface area contributed by atoms with Gasteiger partial charge in [-0.15, -0.1) is 0 Å². The van der Waals surface area contributed by atoms with Crippen molar-refractivity contribution in [3.8, 4) is 0 Å². The van der Waals surface area contributed by atoms with E-state index in [9.17, 15) is 0 Å². The zero-order chi connectivity index (χ0) is 12.5. The van der Waals surface area contributed by atoms with Gasteiger partial charge in [-0.2, -0.15) is 0 Å². The Balaban J connectivity index is 1.78. The summed E-state index contributed by atoms with van der Waals surface area (Å²) in [7, 11) is 0. The number of fused-ring (bicyclic) bond motifs is 1. The van der Waals surface area contributed by atoms with Crippen molar-refractivity contribution in [3.63, 3.8) is 0 Å². The fourth-order valence-corrected chi connectivity index (χ4v) is 2.58. The van der Waals surface area contributed by atoms with Gasteiger partial charge in [-0.05, 0) is 25.1 Å². The third-order valence-electron chi connectivity index (χ3n) is 2.45. The number of aromatic amines is 1. The van der Waals surface area contributed by atoms with Gasteiger partial charge in [0.1, 0.15) is 5.76 Å². The van der Waals surface area contributed by atoms with E-state index in [-0.39, 0.29) is 0 Å². The number of benzene rings is 1. The maximum absolute atomic E-state index is 5.93. The molecule has 6 heteroatoms. The number of nitrogens with zero attached hydrogens (tertiary/aromatic N) is 2. The number of nitrogens with one attached hydrogen (secondary N) is 1. The number of hydrogen-bond donors (Lipinski definition) is 1. The molecule has 3 aromatic rings. The van der Waals surface area contributed by atoms with Crippen LogP contribution < -0.4 is 0 Å².